The maximum atomic E-state index is 10.6. The molecule has 9 nitrogen and oxygen atoms in total. The smallest absolute Gasteiger partial charge is 0.490 e. The average molecular weight is 567 g/mol. The maximum Gasteiger partial charge on any atom is 0.490 e. The Balaban J connectivity index is 0.000000532. The minimum atomic E-state index is -5.08. The maximum absolute atomic E-state index is 10.6. The number of benzene rings is 1. The van der Waals surface area contributed by atoms with Gasteiger partial charge in [-0.25, -0.2) is 14.8 Å². The van der Waals surface area contributed by atoms with Gasteiger partial charge in [0, 0.05) is 42.5 Å². The van der Waals surface area contributed by atoms with Gasteiger partial charge in [-0.1, -0.05) is 12.2 Å². The third-order valence-electron chi connectivity index (χ3n) is 5.16. The molecule has 2 aromatic heterocycles. The summed E-state index contributed by atoms with van der Waals surface area (Å²) in [5.41, 5.74) is 2.89. The van der Waals surface area contributed by atoms with E-state index in [9.17, 15) is 13.2 Å². The summed E-state index contributed by atoms with van der Waals surface area (Å²) in [6.07, 6.45) is 0.897. The molecular weight excluding hydrogens is 537 g/mol. The molecule has 1 aliphatic heterocycles. The normalized spacial score (nSPS) is 15.1. The minimum Gasteiger partial charge on any atom is -0.491 e. The second-order valence-corrected chi connectivity index (χ2v) is 9.47. The molecule has 0 aliphatic carbocycles. The van der Waals surface area contributed by atoms with Gasteiger partial charge in [0.15, 0.2) is 0 Å². The van der Waals surface area contributed by atoms with E-state index in [0.717, 1.165) is 40.7 Å². The summed E-state index contributed by atoms with van der Waals surface area (Å²) in [6.45, 7) is 3.78. The summed E-state index contributed by atoms with van der Waals surface area (Å²) in [6, 6.07) is 12.2. The predicted octanol–water partition coefficient (Wildman–Crippen LogP) is 5.13. The van der Waals surface area contributed by atoms with Crippen LogP contribution in [0.1, 0.15) is 10.4 Å². The fourth-order valence-corrected chi connectivity index (χ4v) is 4.26. The number of alkyl halides is 3. The van der Waals surface area contributed by atoms with Crippen LogP contribution in [0, 0.1) is 0 Å². The summed E-state index contributed by atoms with van der Waals surface area (Å²) in [5, 5.41) is 10.5. The van der Waals surface area contributed by atoms with Crippen molar-refractivity contribution >= 4 is 28.9 Å². The van der Waals surface area contributed by atoms with Crippen LogP contribution in [-0.2, 0) is 27.4 Å². The number of carbonyl (C=O) groups is 1. The van der Waals surface area contributed by atoms with Crippen LogP contribution in [-0.4, -0.2) is 72.6 Å². The van der Waals surface area contributed by atoms with E-state index < -0.39 is 12.1 Å². The number of hydrogen-bond acceptors (Lipinski definition) is 9. The average Bonchev–Trinajstić information content (AvgIpc) is 3.36. The summed E-state index contributed by atoms with van der Waals surface area (Å²) in [7, 11) is 3.76. The summed E-state index contributed by atoms with van der Waals surface area (Å²) >= 11 is 1.69. The van der Waals surface area contributed by atoms with E-state index in [1.165, 1.54) is 4.88 Å². The van der Waals surface area contributed by atoms with Gasteiger partial charge in [0.25, 0.3) is 0 Å². The summed E-state index contributed by atoms with van der Waals surface area (Å²) in [5.74, 6) is -1.35. The van der Waals surface area contributed by atoms with Crippen molar-refractivity contribution < 1.29 is 37.3 Å². The lowest BCUT2D eigenvalue weighted by atomic mass is 10.1. The lowest BCUT2D eigenvalue weighted by molar-refractivity contribution is -0.192. The standard InChI is InChI=1S/C24H28N4O3S.C2HF3O2/c1-28-11-3-4-12-30-17-20-6-8-23(32-20)21-9-10-25-24(27-21)26-19-5-7-22(18(15-19)16-28)31-14-13-29-2;3-2(4,5)1(6)7/h3-10,15H,11-14,16-17H2,1-2H3,(H,25,26,27);(H,6,7)/b4-3+;. The first kappa shape index (κ1) is 30.0. The summed E-state index contributed by atoms with van der Waals surface area (Å²) < 4.78 is 48.6. The highest BCUT2D eigenvalue weighted by atomic mass is 32.1. The lowest BCUT2D eigenvalue weighted by Crippen LogP contribution is -2.21. The van der Waals surface area contributed by atoms with E-state index >= 15 is 0 Å². The van der Waals surface area contributed by atoms with Crippen molar-refractivity contribution in [1.82, 2.24) is 14.9 Å². The third-order valence-corrected chi connectivity index (χ3v) is 6.24. The molecule has 0 amide bonds. The number of thiophene rings is 1. The predicted molar refractivity (Wildman–Crippen MR) is 141 cm³/mol. The molecule has 13 heteroatoms. The number of hydrogen-bond donors (Lipinski definition) is 2. The first-order valence-electron chi connectivity index (χ1n) is 11.8. The Hall–Kier alpha value is -3.52. The number of anilines is 2. The van der Waals surface area contributed by atoms with E-state index in [1.54, 1.807) is 24.6 Å². The van der Waals surface area contributed by atoms with Gasteiger partial charge >= 0.3 is 12.1 Å². The molecule has 4 rings (SSSR count). The molecule has 210 valence electrons. The quantitative estimate of drug-likeness (QED) is 0.329. The molecule has 1 aromatic carbocycles. The first-order valence-corrected chi connectivity index (χ1v) is 12.6. The molecule has 39 heavy (non-hydrogen) atoms. The monoisotopic (exact) mass is 566 g/mol. The van der Waals surface area contributed by atoms with E-state index in [4.69, 9.17) is 29.1 Å². The van der Waals surface area contributed by atoms with Crippen LogP contribution in [0.3, 0.4) is 0 Å². The van der Waals surface area contributed by atoms with Gasteiger partial charge in [0.1, 0.15) is 12.4 Å². The number of methoxy groups -OCH3 is 1. The fourth-order valence-electron chi connectivity index (χ4n) is 3.34. The van der Waals surface area contributed by atoms with Gasteiger partial charge < -0.3 is 24.6 Å². The number of aromatic nitrogens is 2. The minimum absolute atomic E-state index is 0.505. The van der Waals surface area contributed by atoms with E-state index in [2.05, 4.69) is 52.6 Å². The molecular formula is C26H29F3N4O5S. The van der Waals surface area contributed by atoms with Crippen LogP contribution in [0.4, 0.5) is 24.8 Å². The van der Waals surface area contributed by atoms with Gasteiger partial charge in [-0.15, -0.1) is 11.3 Å². The zero-order valence-corrected chi connectivity index (χ0v) is 22.2. The Kier molecular flexibility index (Phi) is 11.2. The molecule has 0 fully saturated rings. The van der Waals surface area contributed by atoms with Crippen LogP contribution in [0.15, 0.2) is 54.7 Å². The third kappa shape index (κ3) is 9.94. The van der Waals surface area contributed by atoms with Crippen LogP contribution in [0.2, 0.25) is 0 Å². The van der Waals surface area contributed by atoms with Gasteiger partial charge in [-0.2, -0.15) is 13.2 Å². The van der Waals surface area contributed by atoms with Crippen molar-refractivity contribution in [2.45, 2.75) is 19.3 Å². The number of fused-ring (bicyclic) bond motifs is 7. The SMILES string of the molecule is COCCOc1ccc2cc1CN(C)C/C=C/COCc1ccc(s1)-c1ccnc(n1)N2.O=C(O)C(F)(F)F. The molecule has 2 N–H and O–H groups in total. The molecule has 0 radical (unpaired) electrons. The van der Waals surface area contributed by atoms with E-state index in [1.807, 2.05) is 18.2 Å². The highest BCUT2D eigenvalue weighted by molar-refractivity contribution is 7.15. The molecule has 0 saturated heterocycles. The number of carboxylic acids is 1. The second-order valence-electron chi connectivity index (χ2n) is 8.31. The molecule has 1 aliphatic rings. The zero-order valence-electron chi connectivity index (χ0n) is 21.4. The number of nitrogens with zero attached hydrogens (tertiary/aromatic N) is 3. The van der Waals surface area contributed by atoms with Crippen molar-refractivity contribution in [2.75, 3.05) is 45.8 Å². The number of nitrogens with one attached hydrogen (secondary N) is 1. The number of ether oxygens (including phenoxy) is 3. The van der Waals surface area contributed by atoms with Gasteiger partial charge in [-0.05, 0) is 43.4 Å². The van der Waals surface area contributed by atoms with Crippen molar-refractivity contribution in [3.05, 3.63) is 65.2 Å². The zero-order chi connectivity index (χ0) is 28.3. The second kappa shape index (κ2) is 14.6. The van der Waals surface area contributed by atoms with Gasteiger partial charge in [0.2, 0.25) is 5.95 Å². The van der Waals surface area contributed by atoms with Crippen molar-refractivity contribution in [3.8, 4) is 16.3 Å². The molecule has 3 aromatic rings. The van der Waals surface area contributed by atoms with Gasteiger partial charge in [-0.3, -0.25) is 4.90 Å². The first-order chi connectivity index (χ1) is 18.7. The highest BCUT2D eigenvalue weighted by Gasteiger charge is 2.38. The molecule has 6 bridgehead atoms. The highest BCUT2D eigenvalue weighted by Crippen LogP contribution is 2.29. The molecule has 3 heterocycles. The Morgan fingerprint density at radius 2 is 2.00 bits per heavy atom. The molecule has 0 saturated carbocycles. The van der Waals surface area contributed by atoms with Crippen LogP contribution in [0.5, 0.6) is 5.75 Å². The topological polar surface area (TPSA) is 106 Å². The number of carboxylic acid groups (broad SMARTS) is 1. The largest absolute Gasteiger partial charge is 0.491 e. The van der Waals surface area contributed by atoms with Crippen LogP contribution >= 0.6 is 11.3 Å². The molecule has 0 atom stereocenters. The Morgan fingerprint density at radius 1 is 1.21 bits per heavy atom. The molecule has 0 spiro atoms. The van der Waals surface area contributed by atoms with Crippen LogP contribution < -0.4 is 10.1 Å². The summed E-state index contributed by atoms with van der Waals surface area (Å²) in [4.78, 5) is 22.5. The molecule has 0 unspecified atom stereocenters. The van der Waals surface area contributed by atoms with Crippen LogP contribution in [0.25, 0.3) is 10.6 Å². The Morgan fingerprint density at radius 3 is 2.74 bits per heavy atom. The number of rotatable bonds is 4. The van der Waals surface area contributed by atoms with E-state index in [0.29, 0.717) is 32.4 Å². The van der Waals surface area contributed by atoms with Gasteiger partial charge in [0.05, 0.1) is 30.4 Å². The number of aliphatic carboxylic acids is 1. The lowest BCUT2D eigenvalue weighted by Gasteiger charge is -2.19. The van der Waals surface area contributed by atoms with Crippen molar-refractivity contribution in [1.29, 1.82) is 0 Å². The van der Waals surface area contributed by atoms with Crippen molar-refractivity contribution in [3.63, 3.8) is 0 Å². The number of halogens is 3. The Labute approximate surface area is 227 Å². The Bertz CT molecular complexity index is 1250. The van der Waals surface area contributed by atoms with E-state index in [-0.39, 0.29) is 0 Å². The number of likely N-dealkylation sites (N-methyl/N-ethyl adjacent to an activating group) is 1. The van der Waals surface area contributed by atoms with Crippen molar-refractivity contribution in [2.24, 2.45) is 0 Å². The fraction of sp³-hybridized carbons (Fsp3) is 0.346.